The molecule has 5 heteroatoms. The number of nitrogens with one attached hydrogen (secondary N) is 1. The van der Waals surface area contributed by atoms with Crippen molar-refractivity contribution in [1.82, 2.24) is 15.1 Å². The van der Waals surface area contributed by atoms with Crippen molar-refractivity contribution < 1.29 is 9.59 Å². The molecule has 5 nitrogen and oxygen atoms in total. The zero-order valence-corrected chi connectivity index (χ0v) is 14.4. The van der Waals surface area contributed by atoms with Gasteiger partial charge in [0.2, 0.25) is 11.8 Å². The zero-order chi connectivity index (χ0) is 16.2. The molecule has 1 atom stereocenters. The molecule has 2 saturated heterocycles. The number of hydrogen-bond acceptors (Lipinski definition) is 3. The van der Waals surface area contributed by atoms with E-state index >= 15 is 0 Å². The fourth-order valence-corrected chi connectivity index (χ4v) is 3.91. The summed E-state index contributed by atoms with van der Waals surface area (Å²) in [6, 6.07) is 0.650. The first-order chi connectivity index (χ1) is 11.1. The normalized spacial score (nSPS) is 27.0. The largest absolute Gasteiger partial charge is 0.355 e. The number of carbonyl (C=O) groups is 2. The molecule has 1 aliphatic carbocycles. The van der Waals surface area contributed by atoms with E-state index in [0.717, 1.165) is 51.9 Å². The maximum atomic E-state index is 12.3. The van der Waals surface area contributed by atoms with Crippen LogP contribution in [0.2, 0.25) is 0 Å². The molecule has 1 saturated carbocycles. The Morgan fingerprint density at radius 1 is 0.957 bits per heavy atom. The van der Waals surface area contributed by atoms with Gasteiger partial charge in [-0.25, -0.2) is 0 Å². The molecular weight excluding hydrogens is 290 g/mol. The van der Waals surface area contributed by atoms with Crippen LogP contribution in [0.15, 0.2) is 0 Å². The second-order valence-corrected chi connectivity index (χ2v) is 7.55. The summed E-state index contributed by atoms with van der Waals surface area (Å²) < 4.78 is 0. The third-order valence-electron chi connectivity index (χ3n) is 5.74. The molecule has 0 spiro atoms. The molecule has 0 aromatic carbocycles. The van der Waals surface area contributed by atoms with Crippen molar-refractivity contribution in [2.75, 3.05) is 32.7 Å². The first kappa shape index (κ1) is 16.7. The summed E-state index contributed by atoms with van der Waals surface area (Å²) >= 11 is 0. The lowest BCUT2D eigenvalue weighted by Crippen LogP contribution is -2.46. The van der Waals surface area contributed by atoms with Crippen molar-refractivity contribution in [3.05, 3.63) is 0 Å². The van der Waals surface area contributed by atoms with Gasteiger partial charge in [-0.1, -0.05) is 6.42 Å². The van der Waals surface area contributed by atoms with E-state index in [0.29, 0.717) is 17.9 Å². The maximum absolute atomic E-state index is 12.3. The Morgan fingerprint density at radius 2 is 1.70 bits per heavy atom. The van der Waals surface area contributed by atoms with Gasteiger partial charge in [-0.05, 0) is 52.0 Å². The topological polar surface area (TPSA) is 52.7 Å². The van der Waals surface area contributed by atoms with Crippen LogP contribution < -0.4 is 5.32 Å². The SMILES string of the molecule is CC1CCCCN1CCNC(=O)C1CCN(C(=O)C2CC2)CC1. The lowest BCUT2D eigenvalue weighted by atomic mass is 9.95. The predicted molar refractivity (Wildman–Crippen MR) is 89.9 cm³/mol. The van der Waals surface area contributed by atoms with Crippen molar-refractivity contribution in [3.8, 4) is 0 Å². The van der Waals surface area contributed by atoms with Crippen molar-refractivity contribution in [3.63, 3.8) is 0 Å². The predicted octanol–water partition coefficient (Wildman–Crippen LogP) is 1.63. The summed E-state index contributed by atoms with van der Waals surface area (Å²) in [5.41, 5.74) is 0. The molecule has 2 amide bonds. The van der Waals surface area contributed by atoms with Crippen LogP contribution in [0.5, 0.6) is 0 Å². The Balaban J connectivity index is 1.33. The van der Waals surface area contributed by atoms with Gasteiger partial charge in [-0.3, -0.25) is 14.5 Å². The Morgan fingerprint density at radius 3 is 2.35 bits per heavy atom. The van der Waals surface area contributed by atoms with Crippen LogP contribution in [0.1, 0.15) is 51.9 Å². The highest BCUT2D eigenvalue weighted by atomic mass is 16.2. The van der Waals surface area contributed by atoms with Crippen LogP contribution in [-0.2, 0) is 9.59 Å². The highest BCUT2D eigenvalue weighted by molar-refractivity contribution is 5.82. The van der Waals surface area contributed by atoms with Gasteiger partial charge in [0.15, 0.2) is 0 Å². The second kappa shape index (κ2) is 7.65. The molecule has 130 valence electrons. The lowest BCUT2D eigenvalue weighted by molar-refractivity contribution is -0.136. The molecule has 2 heterocycles. The van der Waals surface area contributed by atoms with Gasteiger partial charge in [0.05, 0.1) is 0 Å². The number of amides is 2. The molecule has 3 aliphatic rings. The summed E-state index contributed by atoms with van der Waals surface area (Å²) in [6.45, 7) is 6.69. The van der Waals surface area contributed by atoms with Crippen LogP contribution in [0.25, 0.3) is 0 Å². The highest BCUT2D eigenvalue weighted by Crippen LogP contribution is 2.32. The number of likely N-dealkylation sites (tertiary alicyclic amines) is 2. The van der Waals surface area contributed by atoms with Crippen LogP contribution in [0, 0.1) is 11.8 Å². The number of carbonyl (C=O) groups excluding carboxylic acids is 2. The third kappa shape index (κ3) is 4.46. The average Bonchev–Trinajstić information content (AvgIpc) is 3.41. The van der Waals surface area contributed by atoms with Crippen LogP contribution >= 0.6 is 0 Å². The third-order valence-corrected chi connectivity index (χ3v) is 5.74. The molecule has 23 heavy (non-hydrogen) atoms. The van der Waals surface area contributed by atoms with Gasteiger partial charge in [-0.15, -0.1) is 0 Å². The summed E-state index contributed by atoms with van der Waals surface area (Å²) in [5.74, 6) is 0.903. The Labute approximate surface area is 139 Å². The van der Waals surface area contributed by atoms with Gasteiger partial charge < -0.3 is 10.2 Å². The van der Waals surface area contributed by atoms with Crippen molar-refractivity contribution in [2.24, 2.45) is 11.8 Å². The first-order valence-electron chi connectivity index (χ1n) is 9.45. The summed E-state index contributed by atoms with van der Waals surface area (Å²) in [5, 5.41) is 3.12. The Bertz CT molecular complexity index is 428. The van der Waals surface area contributed by atoms with E-state index in [1.165, 1.54) is 25.8 Å². The smallest absolute Gasteiger partial charge is 0.225 e. The van der Waals surface area contributed by atoms with Gasteiger partial charge >= 0.3 is 0 Å². The maximum Gasteiger partial charge on any atom is 0.225 e. The van der Waals surface area contributed by atoms with Gasteiger partial charge in [0.1, 0.15) is 0 Å². The fraction of sp³-hybridized carbons (Fsp3) is 0.889. The Kier molecular flexibility index (Phi) is 5.57. The molecule has 0 aromatic heterocycles. The molecular formula is C18H31N3O2. The standard InChI is InChI=1S/C18H31N3O2/c1-14-4-2-3-10-20(14)13-9-19-17(22)15-7-11-21(12-8-15)18(23)16-5-6-16/h14-16H,2-13H2,1H3,(H,19,22). The second-order valence-electron chi connectivity index (χ2n) is 7.55. The molecule has 3 fully saturated rings. The van der Waals surface area contributed by atoms with E-state index in [9.17, 15) is 9.59 Å². The molecule has 2 aliphatic heterocycles. The van der Waals surface area contributed by atoms with E-state index in [-0.39, 0.29) is 11.8 Å². The van der Waals surface area contributed by atoms with E-state index < -0.39 is 0 Å². The van der Waals surface area contributed by atoms with Gasteiger partial charge in [0.25, 0.3) is 0 Å². The minimum Gasteiger partial charge on any atom is -0.355 e. The van der Waals surface area contributed by atoms with Crippen LogP contribution in [-0.4, -0.2) is 60.4 Å². The van der Waals surface area contributed by atoms with Crippen LogP contribution in [0.4, 0.5) is 0 Å². The van der Waals surface area contributed by atoms with Crippen LogP contribution in [0.3, 0.4) is 0 Å². The van der Waals surface area contributed by atoms with Crippen molar-refractivity contribution in [1.29, 1.82) is 0 Å². The summed E-state index contributed by atoms with van der Waals surface area (Å²) in [6.07, 6.45) is 7.67. The van der Waals surface area contributed by atoms with E-state index in [2.05, 4.69) is 17.1 Å². The average molecular weight is 321 g/mol. The molecule has 0 radical (unpaired) electrons. The molecule has 0 bridgehead atoms. The number of rotatable bonds is 5. The first-order valence-corrected chi connectivity index (χ1v) is 9.45. The van der Waals surface area contributed by atoms with E-state index in [1.54, 1.807) is 0 Å². The Hall–Kier alpha value is -1.10. The number of piperidine rings is 2. The highest BCUT2D eigenvalue weighted by Gasteiger charge is 2.35. The van der Waals surface area contributed by atoms with E-state index in [1.807, 2.05) is 4.90 Å². The molecule has 1 unspecified atom stereocenters. The molecule has 0 aromatic rings. The zero-order valence-electron chi connectivity index (χ0n) is 14.4. The molecule has 3 rings (SSSR count). The summed E-state index contributed by atoms with van der Waals surface area (Å²) in [7, 11) is 0. The molecule has 1 N–H and O–H groups in total. The quantitative estimate of drug-likeness (QED) is 0.837. The number of hydrogen-bond donors (Lipinski definition) is 1. The minimum atomic E-state index is 0.0945. The monoisotopic (exact) mass is 321 g/mol. The van der Waals surface area contributed by atoms with E-state index in [4.69, 9.17) is 0 Å². The summed E-state index contributed by atoms with van der Waals surface area (Å²) in [4.78, 5) is 28.8. The fourth-order valence-electron chi connectivity index (χ4n) is 3.91. The van der Waals surface area contributed by atoms with Crippen molar-refractivity contribution >= 4 is 11.8 Å². The van der Waals surface area contributed by atoms with Crippen molar-refractivity contribution in [2.45, 2.75) is 57.9 Å². The van der Waals surface area contributed by atoms with Gasteiger partial charge in [0, 0.05) is 44.1 Å². The lowest BCUT2D eigenvalue weighted by Gasteiger charge is -2.34. The van der Waals surface area contributed by atoms with Gasteiger partial charge in [-0.2, -0.15) is 0 Å². The minimum absolute atomic E-state index is 0.0945. The number of nitrogens with zero attached hydrogens (tertiary/aromatic N) is 2.